The van der Waals surface area contributed by atoms with E-state index < -0.39 is 9.84 Å². The Hall–Kier alpha value is -1.85. The minimum absolute atomic E-state index is 0.0361. The van der Waals surface area contributed by atoms with Gasteiger partial charge in [-0.1, -0.05) is 41.9 Å². The van der Waals surface area contributed by atoms with Gasteiger partial charge < -0.3 is 4.90 Å². The van der Waals surface area contributed by atoms with Gasteiger partial charge in [-0.25, -0.2) is 8.42 Å². The summed E-state index contributed by atoms with van der Waals surface area (Å²) in [5.41, 5.74) is 2.23. The second-order valence-electron chi connectivity index (χ2n) is 6.03. The fourth-order valence-corrected chi connectivity index (χ4v) is 4.95. The molecule has 126 valence electrons. The second-order valence-corrected chi connectivity index (χ2v) is 8.67. The molecule has 1 amide bonds. The fourth-order valence-electron chi connectivity index (χ4n) is 2.95. The first-order valence-corrected chi connectivity index (χ1v) is 9.90. The zero-order valence-corrected chi connectivity index (χ0v) is 14.8. The van der Waals surface area contributed by atoms with Crippen LogP contribution in [-0.2, 0) is 9.84 Å². The molecule has 1 fully saturated rings. The number of sulfone groups is 1. The molecule has 24 heavy (non-hydrogen) atoms. The molecule has 1 atom stereocenters. The summed E-state index contributed by atoms with van der Waals surface area (Å²) in [6.07, 6.45) is 0.490. The molecular formula is C18H18ClNO3S. The van der Waals surface area contributed by atoms with Crippen molar-refractivity contribution in [3.05, 3.63) is 59.1 Å². The molecule has 6 heteroatoms. The van der Waals surface area contributed by atoms with E-state index >= 15 is 0 Å². The molecule has 0 bridgehead atoms. The van der Waals surface area contributed by atoms with Crippen LogP contribution in [0.4, 0.5) is 0 Å². The van der Waals surface area contributed by atoms with Crippen molar-refractivity contribution in [3.63, 3.8) is 0 Å². The summed E-state index contributed by atoms with van der Waals surface area (Å²) in [5, 5.41) is 0.573. The van der Waals surface area contributed by atoms with E-state index in [2.05, 4.69) is 0 Å². The van der Waals surface area contributed by atoms with Gasteiger partial charge in [0.05, 0.1) is 11.5 Å². The first kappa shape index (κ1) is 17.0. The molecule has 0 aliphatic carbocycles. The van der Waals surface area contributed by atoms with E-state index in [1.165, 1.54) is 4.90 Å². The smallest absolute Gasteiger partial charge is 0.253 e. The SMILES string of the molecule is CN(C(=O)c1ccc(Cl)c(-c2ccccc2)c1)C1CCS(=O)(=O)C1. The molecule has 0 N–H and O–H groups in total. The number of carbonyl (C=O) groups is 1. The van der Waals surface area contributed by atoms with E-state index in [-0.39, 0.29) is 23.5 Å². The largest absolute Gasteiger partial charge is 0.338 e. The van der Waals surface area contributed by atoms with Crippen LogP contribution >= 0.6 is 11.6 Å². The number of halogens is 1. The monoisotopic (exact) mass is 363 g/mol. The lowest BCUT2D eigenvalue weighted by Crippen LogP contribution is -2.37. The minimum atomic E-state index is -3.03. The van der Waals surface area contributed by atoms with Gasteiger partial charge in [-0.15, -0.1) is 0 Å². The number of amides is 1. The molecule has 4 nitrogen and oxygen atoms in total. The van der Waals surface area contributed by atoms with Gasteiger partial charge in [-0.05, 0) is 30.2 Å². The van der Waals surface area contributed by atoms with Crippen molar-refractivity contribution in [1.82, 2.24) is 4.90 Å². The molecule has 0 spiro atoms. The summed E-state index contributed by atoms with van der Waals surface area (Å²) in [4.78, 5) is 14.3. The summed E-state index contributed by atoms with van der Waals surface area (Å²) in [5.74, 6) is -0.00884. The summed E-state index contributed by atoms with van der Waals surface area (Å²) < 4.78 is 23.3. The van der Waals surface area contributed by atoms with Gasteiger partial charge in [-0.3, -0.25) is 4.79 Å². The van der Waals surface area contributed by atoms with E-state index in [1.54, 1.807) is 25.2 Å². The van der Waals surface area contributed by atoms with E-state index in [1.807, 2.05) is 30.3 Å². The van der Waals surface area contributed by atoms with Crippen LogP contribution in [0, 0.1) is 0 Å². The second kappa shape index (κ2) is 6.57. The number of carbonyl (C=O) groups excluding carboxylic acids is 1. The third-order valence-corrected chi connectivity index (χ3v) is 6.45. The van der Waals surface area contributed by atoms with Crippen LogP contribution in [0.5, 0.6) is 0 Å². The van der Waals surface area contributed by atoms with E-state index in [0.29, 0.717) is 17.0 Å². The zero-order chi connectivity index (χ0) is 17.3. The Balaban J connectivity index is 1.88. The van der Waals surface area contributed by atoms with Crippen LogP contribution in [0.3, 0.4) is 0 Å². The standard InChI is InChI=1S/C18H18ClNO3S/c1-20(15-9-10-24(22,23)12-15)18(21)14-7-8-17(19)16(11-14)13-5-3-2-4-6-13/h2-8,11,15H,9-10,12H2,1H3. The topological polar surface area (TPSA) is 54.5 Å². The predicted molar refractivity (Wildman–Crippen MR) is 96.0 cm³/mol. The molecule has 1 aliphatic heterocycles. The van der Waals surface area contributed by atoms with Crippen molar-refractivity contribution < 1.29 is 13.2 Å². The van der Waals surface area contributed by atoms with Crippen molar-refractivity contribution in [2.75, 3.05) is 18.6 Å². The van der Waals surface area contributed by atoms with Gasteiger partial charge >= 0.3 is 0 Å². The predicted octanol–water partition coefficient (Wildman–Crippen LogP) is 3.27. The van der Waals surface area contributed by atoms with E-state index in [0.717, 1.165) is 11.1 Å². The molecule has 1 aliphatic rings. The Kier molecular flexibility index (Phi) is 4.65. The van der Waals surface area contributed by atoms with Crippen LogP contribution in [0.15, 0.2) is 48.5 Å². The van der Waals surface area contributed by atoms with Gasteiger partial charge in [0.25, 0.3) is 5.91 Å². The number of benzene rings is 2. The maximum atomic E-state index is 12.7. The first-order valence-electron chi connectivity index (χ1n) is 7.70. The van der Waals surface area contributed by atoms with Crippen LogP contribution in [0.25, 0.3) is 11.1 Å². The summed E-state index contributed by atoms with van der Waals surface area (Å²) >= 11 is 6.28. The number of rotatable bonds is 3. The van der Waals surface area contributed by atoms with Crippen LogP contribution in [-0.4, -0.2) is 43.8 Å². The molecule has 2 aromatic carbocycles. The van der Waals surface area contributed by atoms with Gasteiger partial charge in [0.1, 0.15) is 0 Å². The maximum absolute atomic E-state index is 12.7. The summed E-state index contributed by atoms with van der Waals surface area (Å²) in [6.45, 7) is 0. The van der Waals surface area contributed by atoms with Crippen molar-refractivity contribution in [1.29, 1.82) is 0 Å². The molecule has 2 aromatic rings. The Morgan fingerprint density at radius 1 is 1.17 bits per heavy atom. The Morgan fingerprint density at radius 3 is 2.50 bits per heavy atom. The number of nitrogens with zero attached hydrogens (tertiary/aromatic N) is 1. The van der Waals surface area contributed by atoms with Gasteiger partial charge in [0.2, 0.25) is 0 Å². The third kappa shape index (κ3) is 3.47. The molecule has 0 aromatic heterocycles. The van der Waals surface area contributed by atoms with Gasteiger partial charge in [0, 0.05) is 29.2 Å². The average Bonchev–Trinajstić information content (AvgIpc) is 2.95. The molecule has 1 saturated heterocycles. The fraction of sp³-hybridized carbons (Fsp3) is 0.278. The van der Waals surface area contributed by atoms with Crippen molar-refractivity contribution in [2.24, 2.45) is 0 Å². The Labute approximate surface area is 147 Å². The Morgan fingerprint density at radius 2 is 1.88 bits per heavy atom. The molecular weight excluding hydrogens is 346 g/mol. The normalized spacial score (nSPS) is 19.2. The lowest BCUT2D eigenvalue weighted by molar-refractivity contribution is 0.0748. The lowest BCUT2D eigenvalue weighted by atomic mass is 10.0. The zero-order valence-electron chi connectivity index (χ0n) is 13.3. The van der Waals surface area contributed by atoms with Gasteiger partial charge in [0.15, 0.2) is 9.84 Å². The third-order valence-electron chi connectivity index (χ3n) is 4.37. The first-order chi connectivity index (χ1) is 11.4. The number of hydrogen-bond donors (Lipinski definition) is 0. The lowest BCUT2D eigenvalue weighted by Gasteiger charge is -2.23. The highest BCUT2D eigenvalue weighted by molar-refractivity contribution is 7.91. The highest BCUT2D eigenvalue weighted by Crippen LogP contribution is 2.29. The average molecular weight is 364 g/mol. The Bertz CT molecular complexity index is 865. The quantitative estimate of drug-likeness (QED) is 0.841. The highest BCUT2D eigenvalue weighted by Gasteiger charge is 2.33. The highest BCUT2D eigenvalue weighted by atomic mass is 35.5. The van der Waals surface area contributed by atoms with Gasteiger partial charge in [-0.2, -0.15) is 0 Å². The van der Waals surface area contributed by atoms with Crippen molar-refractivity contribution in [3.8, 4) is 11.1 Å². The molecule has 0 saturated carbocycles. The van der Waals surface area contributed by atoms with Crippen molar-refractivity contribution in [2.45, 2.75) is 12.5 Å². The molecule has 0 radical (unpaired) electrons. The summed E-state index contributed by atoms with van der Waals surface area (Å²) in [7, 11) is -1.37. The minimum Gasteiger partial charge on any atom is -0.338 e. The number of hydrogen-bond acceptors (Lipinski definition) is 3. The maximum Gasteiger partial charge on any atom is 0.253 e. The molecule has 1 unspecified atom stereocenters. The van der Waals surface area contributed by atoms with Crippen LogP contribution in [0.2, 0.25) is 5.02 Å². The molecule has 1 heterocycles. The van der Waals surface area contributed by atoms with Crippen LogP contribution in [0.1, 0.15) is 16.8 Å². The van der Waals surface area contributed by atoms with E-state index in [9.17, 15) is 13.2 Å². The summed E-state index contributed by atoms with van der Waals surface area (Å²) in [6, 6.07) is 14.5. The van der Waals surface area contributed by atoms with Crippen molar-refractivity contribution >= 4 is 27.3 Å². The van der Waals surface area contributed by atoms with E-state index in [4.69, 9.17) is 11.6 Å². The molecule has 3 rings (SSSR count). The van der Waals surface area contributed by atoms with Crippen LogP contribution < -0.4 is 0 Å².